The second-order valence-corrected chi connectivity index (χ2v) is 27.7. The minimum Gasteiger partial charge on any atom is -0.756 e. The van der Waals surface area contributed by atoms with Crippen LogP contribution in [0.5, 0.6) is 0 Å². The Morgan fingerprint density at radius 2 is 0.716 bits per heavy atom. The van der Waals surface area contributed by atoms with Crippen LogP contribution in [0.3, 0.4) is 0 Å². The van der Waals surface area contributed by atoms with Crippen LogP contribution in [0.4, 0.5) is 0 Å². The number of hydrogen-bond donors (Lipinski definition) is 2. The highest BCUT2D eigenvalue weighted by Gasteiger charge is 2.24. The molecule has 0 spiro atoms. The fourth-order valence-electron chi connectivity index (χ4n) is 11.3. The van der Waals surface area contributed by atoms with E-state index in [1.54, 1.807) is 0 Å². The van der Waals surface area contributed by atoms with E-state index in [1.165, 1.54) is 308 Å². The van der Waals surface area contributed by atoms with Gasteiger partial charge in [-0.15, -0.1) is 0 Å². The Bertz CT molecular complexity index is 1370. The Balaban J connectivity index is 3.84. The zero-order chi connectivity index (χ0) is 59.1. The number of hydrogen-bond acceptors (Lipinski definition) is 6. The van der Waals surface area contributed by atoms with E-state index in [1.807, 2.05) is 21.1 Å². The maximum atomic E-state index is 13.0. The molecule has 0 rings (SSSR count). The molecule has 8 nitrogen and oxygen atoms in total. The van der Waals surface area contributed by atoms with Crippen molar-refractivity contribution in [3.05, 3.63) is 24.3 Å². The number of aliphatic hydroxyl groups excluding tert-OH is 1. The first kappa shape index (κ1) is 80.0. The van der Waals surface area contributed by atoms with Gasteiger partial charge in [-0.25, -0.2) is 0 Å². The molecule has 3 unspecified atom stereocenters. The Labute approximate surface area is 506 Å². The molecule has 0 aliphatic heterocycles. The van der Waals surface area contributed by atoms with Crippen molar-refractivity contribution in [1.29, 1.82) is 0 Å². The minimum atomic E-state index is -4.57. The van der Waals surface area contributed by atoms with E-state index < -0.39 is 20.0 Å². The zero-order valence-electron chi connectivity index (χ0n) is 55.3. The third-order valence-electron chi connectivity index (χ3n) is 16.9. The van der Waals surface area contributed by atoms with Crippen LogP contribution in [0.1, 0.15) is 380 Å². The SMILES string of the molecule is CCCCCCC/C=C\C/C=C\CCCCCCCCCCCCCCCCCCCCCCCCCCCCCCCC(=O)NC(COP(=O)([O-])OCC[N+](C)(C)C)C(O)CCCCCCCCCCCCCCCCCCCC. The average molecular weight is 1160 g/mol. The van der Waals surface area contributed by atoms with E-state index in [4.69, 9.17) is 9.05 Å². The number of amides is 1. The fraction of sp³-hybridized carbons (Fsp3) is 0.931. The summed E-state index contributed by atoms with van der Waals surface area (Å²) in [6.07, 6.45) is 82.8. The Hall–Kier alpha value is -1.02. The molecule has 0 saturated heterocycles. The highest BCUT2D eigenvalue weighted by atomic mass is 31.2. The molecule has 0 saturated carbocycles. The number of rotatable bonds is 68. The maximum absolute atomic E-state index is 13.0. The molecule has 0 fully saturated rings. The molecule has 0 aromatic rings. The fourth-order valence-corrected chi connectivity index (χ4v) is 12.0. The summed E-state index contributed by atoms with van der Waals surface area (Å²) in [5, 5.41) is 14.1. The monoisotopic (exact) mass is 1160 g/mol. The largest absolute Gasteiger partial charge is 0.756 e. The van der Waals surface area contributed by atoms with Gasteiger partial charge >= 0.3 is 0 Å². The summed E-state index contributed by atoms with van der Waals surface area (Å²) < 4.78 is 23.5. The molecule has 81 heavy (non-hydrogen) atoms. The maximum Gasteiger partial charge on any atom is 0.268 e. The Kier molecular flexibility index (Phi) is 62.7. The number of nitrogens with zero attached hydrogens (tertiary/aromatic N) is 1. The van der Waals surface area contributed by atoms with Crippen molar-refractivity contribution in [3.63, 3.8) is 0 Å². The predicted molar refractivity (Wildman–Crippen MR) is 353 cm³/mol. The highest BCUT2D eigenvalue weighted by molar-refractivity contribution is 7.45. The molecule has 0 heterocycles. The number of unbranched alkanes of at least 4 members (excludes halogenated alkanes) is 51. The summed E-state index contributed by atoms with van der Waals surface area (Å²) in [7, 11) is 1.33. The zero-order valence-corrected chi connectivity index (χ0v) is 56.2. The molecule has 1 amide bonds. The van der Waals surface area contributed by atoms with Crippen molar-refractivity contribution < 1.29 is 32.9 Å². The van der Waals surface area contributed by atoms with Crippen molar-refractivity contribution in [1.82, 2.24) is 5.32 Å². The third kappa shape index (κ3) is 66.4. The van der Waals surface area contributed by atoms with Crippen LogP contribution in [-0.4, -0.2) is 68.5 Å². The van der Waals surface area contributed by atoms with Crippen molar-refractivity contribution >= 4 is 13.7 Å². The molecule has 482 valence electrons. The van der Waals surface area contributed by atoms with Crippen LogP contribution in [0, 0.1) is 0 Å². The van der Waals surface area contributed by atoms with Gasteiger partial charge in [0.1, 0.15) is 13.2 Å². The molecule has 3 atom stereocenters. The lowest BCUT2D eigenvalue weighted by Gasteiger charge is -2.30. The van der Waals surface area contributed by atoms with Crippen molar-refractivity contribution in [2.45, 2.75) is 392 Å². The summed E-state index contributed by atoms with van der Waals surface area (Å²) in [5.74, 6) is -0.155. The lowest BCUT2D eigenvalue weighted by atomic mass is 10.0. The normalized spacial score (nSPS) is 13.7. The van der Waals surface area contributed by atoms with E-state index in [0.717, 1.165) is 44.9 Å². The van der Waals surface area contributed by atoms with Crippen LogP contribution in [0.25, 0.3) is 0 Å². The topological polar surface area (TPSA) is 108 Å². The average Bonchev–Trinajstić information content (AvgIpc) is 3.43. The van der Waals surface area contributed by atoms with Gasteiger partial charge in [-0.3, -0.25) is 9.36 Å². The van der Waals surface area contributed by atoms with Crippen molar-refractivity contribution in [2.75, 3.05) is 40.9 Å². The third-order valence-corrected chi connectivity index (χ3v) is 17.9. The van der Waals surface area contributed by atoms with Gasteiger partial charge in [-0.05, 0) is 44.9 Å². The molecule has 0 bridgehead atoms. The first-order valence-electron chi connectivity index (χ1n) is 36.2. The molecule has 9 heteroatoms. The van der Waals surface area contributed by atoms with Gasteiger partial charge in [-0.2, -0.15) is 0 Å². The molecule has 0 aromatic carbocycles. The predicted octanol–water partition coefficient (Wildman–Crippen LogP) is 22.4. The standard InChI is InChI=1S/C72H143N2O6P/c1-6-8-10-12-14-16-18-20-22-24-26-27-28-29-30-31-32-33-34-35-36-37-38-39-40-41-42-43-44-45-46-47-48-50-52-54-56-58-60-62-64-66-72(76)73-70(69-80-81(77,78)79-68-67-74(3,4)5)71(75)65-63-61-59-57-55-53-51-49-25-23-21-19-17-15-13-11-9-7-2/h18,20,24,26,70-71,75H,6-17,19,21-23,25,27-69H2,1-5H3,(H-,73,76,77,78)/b20-18-,26-24-. The summed E-state index contributed by atoms with van der Waals surface area (Å²) in [6.45, 7) is 4.77. The van der Waals surface area contributed by atoms with Gasteiger partial charge < -0.3 is 28.8 Å². The van der Waals surface area contributed by atoms with Gasteiger partial charge in [-0.1, -0.05) is 353 Å². The van der Waals surface area contributed by atoms with E-state index in [2.05, 4.69) is 43.5 Å². The van der Waals surface area contributed by atoms with Crippen LogP contribution >= 0.6 is 7.82 Å². The van der Waals surface area contributed by atoms with Crippen molar-refractivity contribution in [2.24, 2.45) is 0 Å². The number of carbonyl (C=O) groups is 1. The number of aliphatic hydroxyl groups is 1. The molecule has 0 aliphatic rings. The summed E-state index contributed by atoms with van der Waals surface area (Å²) in [6, 6.07) is -0.798. The van der Waals surface area contributed by atoms with Gasteiger partial charge in [0.15, 0.2) is 0 Å². The number of nitrogens with one attached hydrogen (secondary N) is 1. The quantitative estimate of drug-likeness (QED) is 0.0272. The van der Waals surface area contributed by atoms with Crippen molar-refractivity contribution in [3.8, 4) is 0 Å². The van der Waals surface area contributed by atoms with Crippen LogP contribution in [-0.2, 0) is 18.4 Å². The van der Waals surface area contributed by atoms with Gasteiger partial charge in [0.05, 0.1) is 39.9 Å². The summed E-state index contributed by atoms with van der Waals surface area (Å²) in [4.78, 5) is 25.6. The summed E-state index contributed by atoms with van der Waals surface area (Å²) in [5.41, 5.74) is 0. The van der Waals surface area contributed by atoms with E-state index in [-0.39, 0.29) is 19.1 Å². The minimum absolute atomic E-state index is 0.0157. The number of allylic oxidation sites excluding steroid dienone is 4. The number of phosphoric acid groups is 1. The second-order valence-electron chi connectivity index (χ2n) is 26.3. The van der Waals surface area contributed by atoms with Crippen LogP contribution < -0.4 is 10.2 Å². The van der Waals surface area contributed by atoms with E-state index in [9.17, 15) is 19.4 Å². The second kappa shape index (κ2) is 63.5. The summed E-state index contributed by atoms with van der Waals surface area (Å²) >= 11 is 0. The van der Waals surface area contributed by atoms with Gasteiger partial charge in [0, 0.05) is 6.42 Å². The smallest absolute Gasteiger partial charge is 0.268 e. The number of phosphoric ester groups is 1. The first-order valence-corrected chi connectivity index (χ1v) is 37.6. The molecule has 0 radical (unpaired) electrons. The molecule has 0 aromatic heterocycles. The number of quaternary nitrogens is 1. The Morgan fingerprint density at radius 1 is 0.432 bits per heavy atom. The lowest BCUT2D eigenvalue weighted by molar-refractivity contribution is -0.870. The molecule has 0 aliphatic carbocycles. The van der Waals surface area contributed by atoms with E-state index >= 15 is 0 Å². The molecular weight excluding hydrogens is 1020 g/mol. The van der Waals surface area contributed by atoms with E-state index in [0.29, 0.717) is 23.9 Å². The van der Waals surface area contributed by atoms with Gasteiger partial charge in [0.25, 0.3) is 7.82 Å². The Morgan fingerprint density at radius 3 is 1.02 bits per heavy atom. The first-order chi connectivity index (χ1) is 39.5. The highest BCUT2D eigenvalue weighted by Crippen LogP contribution is 2.38. The number of carbonyl (C=O) groups excluding carboxylic acids is 1. The molecule has 2 N–H and O–H groups in total. The van der Waals surface area contributed by atoms with Crippen LogP contribution in [0.15, 0.2) is 24.3 Å². The number of likely N-dealkylation sites (N-methyl/N-ethyl adjacent to an activating group) is 1. The molecular formula is C72H143N2O6P. The lowest BCUT2D eigenvalue weighted by Crippen LogP contribution is -2.46. The van der Waals surface area contributed by atoms with Crippen LogP contribution in [0.2, 0.25) is 0 Å². The van der Waals surface area contributed by atoms with Gasteiger partial charge in [0.2, 0.25) is 5.91 Å².